The second-order valence-corrected chi connectivity index (χ2v) is 7.45. The average molecular weight is 372 g/mol. The molecule has 2 aromatic rings. The topological polar surface area (TPSA) is 58.6 Å². The fourth-order valence-corrected chi connectivity index (χ4v) is 2.46. The zero-order valence-electron chi connectivity index (χ0n) is 16.3. The van der Waals surface area contributed by atoms with E-state index in [0.29, 0.717) is 17.8 Å². The molecule has 27 heavy (non-hydrogen) atoms. The van der Waals surface area contributed by atoms with Crippen LogP contribution in [-0.4, -0.2) is 29.5 Å². The number of hydrogen-bond donors (Lipinski definition) is 1. The molecule has 0 aromatic heterocycles. The summed E-state index contributed by atoms with van der Waals surface area (Å²) < 4.78 is 18.7. The number of amides is 2. The molecule has 0 saturated carbocycles. The van der Waals surface area contributed by atoms with Gasteiger partial charge in [-0.25, -0.2) is 9.18 Å². The Bertz CT molecular complexity index is 844. The molecule has 0 spiro atoms. The van der Waals surface area contributed by atoms with Gasteiger partial charge >= 0.3 is 6.09 Å². The van der Waals surface area contributed by atoms with Crippen LogP contribution in [0.4, 0.5) is 14.9 Å². The lowest BCUT2D eigenvalue weighted by molar-refractivity contribution is 0.0285. The summed E-state index contributed by atoms with van der Waals surface area (Å²) in [5.74, 6) is -0.844. The predicted octanol–water partition coefficient (Wildman–Crippen LogP) is 4.75. The number of nitrogens with one attached hydrogen (secondary N) is 1. The van der Waals surface area contributed by atoms with Crippen molar-refractivity contribution in [3.8, 4) is 0 Å². The van der Waals surface area contributed by atoms with Gasteiger partial charge in [0.15, 0.2) is 0 Å². The van der Waals surface area contributed by atoms with Crippen LogP contribution in [0.3, 0.4) is 0 Å². The summed E-state index contributed by atoms with van der Waals surface area (Å²) in [6.07, 6.45) is -0.424. The molecule has 0 fully saturated rings. The summed E-state index contributed by atoms with van der Waals surface area (Å²) in [5, 5.41) is 2.77. The van der Waals surface area contributed by atoms with Crippen LogP contribution in [0, 0.1) is 12.7 Å². The summed E-state index contributed by atoms with van der Waals surface area (Å²) in [6, 6.07) is 11.2. The number of aryl methyl sites for hydroxylation is 1. The minimum Gasteiger partial charge on any atom is -0.444 e. The lowest BCUT2D eigenvalue weighted by Crippen LogP contribution is -2.33. The van der Waals surface area contributed by atoms with Gasteiger partial charge in [-0.3, -0.25) is 4.79 Å². The van der Waals surface area contributed by atoms with Crippen molar-refractivity contribution < 1.29 is 18.7 Å². The van der Waals surface area contributed by atoms with E-state index in [-0.39, 0.29) is 11.5 Å². The Morgan fingerprint density at radius 3 is 2.52 bits per heavy atom. The zero-order valence-corrected chi connectivity index (χ0v) is 16.3. The third-order valence-corrected chi connectivity index (χ3v) is 3.75. The maximum Gasteiger partial charge on any atom is 0.410 e. The van der Waals surface area contributed by atoms with Gasteiger partial charge in [-0.05, 0) is 63.1 Å². The highest BCUT2D eigenvalue weighted by Crippen LogP contribution is 2.17. The molecule has 2 rings (SSSR count). The number of ether oxygens (including phenoxy) is 1. The van der Waals surface area contributed by atoms with Crippen LogP contribution in [0.25, 0.3) is 0 Å². The molecule has 0 heterocycles. The lowest BCUT2D eigenvalue weighted by Gasteiger charge is -2.24. The second kappa shape index (κ2) is 8.20. The van der Waals surface area contributed by atoms with Crippen LogP contribution in [0.2, 0.25) is 0 Å². The molecule has 0 aliphatic rings. The number of carbonyl (C=O) groups is 2. The van der Waals surface area contributed by atoms with Gasteiger partial charge in [0.2, 0.25) is 0 Å². The van der Waals surface area contributed by atoms with Gasteiger partial charge in [-0.15, -0.1) is 0 Å². The first-order valence-electron chi connectivity index (χ1n) is 8.66. The fraction of sp³-hybridized carbons (Fsp3) is 0.333. The molecular weight excluding hydrogens is 347 g/mol. The Kier molecular flexibility index (Phi) is 6.20. The highest BCUT2D eigenvalue weighted by atomic mass is 19.1. The Balaban J connectivity index is 2.08. The Labute approximate surface area is 159 Å². The number of carbonyl (C=O) groups excluding carboxylic acids is 2. The summed E-state index contributed by atoms with van der Waals surface area (Å²) in [4.78, 5) is 26.0. The molecule has 6 heteroatoms. The van der Waals surface area contributed by atoms with Gasteiger partial charge in [0, 0.05) is 24.8 Å². The first kappa shape index (κ1) is 20.4. The van der Waals surface area contributed by atoms with Crippen LogP contribution >= 0.6 is 0 Å². The Morgan fingerprint density at radius 1 is 1.15 bits per heavy atom. The van der Waals surface area contributed by atoms with E-state index in [9.17, 15) is 14.0 Å². The van der Waals surface area contributed by atoms with Gasteiger partial charge in [-0.1, -0.05) is 18.2 Å². The minimum absolute atomic E-state index is 0.284. The van der Waals surface area contributed by atoms with Gasteiger partial charge in [-0.2, -0.15) is 0 Å². The standard InChI is InChI=1S/C21H25FN2O3/c1-14-9-10-16(22)12-18(14)19(25)23-17-8-6-7-15(11-17)13-24(5)20(26)27-21(2,3)4/h6-12H,13H2,1-5H3,(H,23,25). The maximum atomic E-state index is 13.4. The molecule has 0 bridgehead atoms. The number of halogens is 1. The lowest BCUT2D eigenvalue weighted by atomic mass is 10.1. The van der Waals surface area contributed by atoms with Gasteiger partial charge in [0.1, 0.15) is 11.4 Å². The summed E-state index contributed by atoms with van der Waals surface area (Å²) in [6.45, 7) is 7.51. The van der Waals surface area contributed by atoms with E-state index in [1.165, 1.54) is 17.0 Å². The first-order chi connectivity index (χ1) is 12.5. The first-order valence-corrected chi connectivity index (χ1v) is 8.66. The summed E-state index contributed by atoms with van der Waals surface area (Å²) in [7, 11) is 1.65. The van der Waals surface area contributed by atoms with E-state index in [4.69, 9.17) is 4.74 Å². The van der Waals surface area contributed by atoms with Crippen LogP contribution < -0.4 is 5.32 Å². The average Bonchev–Trinajstić information content (AvgIpc) is 2.55. The maximum absolute atomic E-state index is 13.4. The molecule has 5 nitrogen and oxygen atoms in total. The summed E-state index contributed by atoms with van der Waals surface area (Å²) >= 11 is 0. The van der Waals surface area contributed by atoms with E-state index < -0.39 is 17.5 Å². The minimum atomic E-state index is -0.565. The zero-order chi connectivity index (χ0) is 20.2. The van der Waals surface area contributed by atoms with Crippen LogP contribution in [0.5, 0.6) is 0 Å². The van der Waals surface area contributed by atoms with Crippen molar-refractivity contribution in [1.29, 1.82) is 0 Å². The molecule has 2 aromatic carbocycles. The molecule has 0 aliphatic heterocycles. The third-order valence-electron chi connectivity index (χ3n) is 3.75. The molecule has 0 radical (unpaired) electrons. The SMILES string of the molecule is Cc1ccc(F)cc1C(=O)Nc1cccc(CN(C)C(=O)OC(C)(C)C)c1. The number of nitrogens with zero attached hydrogens (tertiary/aromatic N) is 1. The largest absolute Gasteiger partial charge is 0.444 e. The van der Waals surface area contributed by atoms with E-state index >= 15 is 0 Å². The summed E-state index contributed by atoms with van der Waals surface area (Å²) in [5.41, 5.74) is 1.81. The highest BCUT2D eigenvalue weighted by Gasteiger charge is 2.19. The van der Waals surface area contributed by atoms with E-state index in [1.54, 1.807) is 38.2 Å². The van der Waals surface area contributed by atoms with Crippen molar-refractivity contribution in [3.05, 3.63) is 65.0 Å². The number of anilines is 1. The van der Waals surface area contributed by atoms with E-state index in [2.05, 4.69) is 5.32 Å². The number of hydrogen-bond acceptors (Lipinski definition) is 3. The van der Waals surface area contributed by atoms with Crippen molar-refractivity contribution in [2.45, 2.75) is 39.8 Å². The normalized spacial score (nSPS) is 11.0. The molecule has 0 unspecified atom stereocenters. The third kappa shape index (κ3) is 6.09. The van der Waals surface area contributed by atoms with Crippen molar-refractivity contribution in [1.82, 2.24) is 4.90 Å². The molecule has 1 N–H and O–H groups in total. The van der Waals surface area contributed by atoms with Gasteiger partial charge in [0.05, 0.1) is 0 Å². The Morgan fingerprint density at radius 2 is 1.85 bits per heavy atom. The van der Waals surface area contributed by atoms with Crippen LogP contribution in [0.15, 0.2) is 42.5 Å². The Hall–Kier alpha value is -2.89. The molecule has 0 saturated heterocycles. The van der Waals surface area contributed by atoms with Crippen LogP contribution in [0.1, 0.15) is 42.3 Å². The van der Waals surface area contributed by atoms with Crippen molar-refractivity contribution in [3.63, 3.8) is 0 Å². The second-order valence-electron chi connectivity index (χ2n) is 7.45. The van der Waals surface area contributed by atoms with Crippen molar-refractivity contribution in [2.24, 2.45) is 0 Å². The number of benzene rings is 2. The van der Waals surface area contributed by atoms with E-state index in [0.717, 1.165) is 5.56 Å². The fourth-order valence-electron chi connectivity index (χ4n) is 2.46. The number of rotatable bonds is 4. The van der Waals surface area contributed by atoms with Crippen molar-refractivity contribution in [2.75, 3.05) is 12.4 Å². The quantitative estimate of drug-likeness (QED) is 0.842. The van der Waals surface area contributed by atoms with E-state index in [1.807, 2.05) is 26.8 Å². The molecule has 2 amide bonds. The predicted molar refractivity (Wildman–Crippen MR) is 103 cm³/mol. The van der Waals surface area contributed by atoms with Gasteiger partial charge in [0.25, 0.3) is 5.91 Å². The van der Waals surface area contributed by atoms with Crippen molar-refractivity contribution >= 4 is 17.7 Å². The monoisotopic (exact) mass is 372 g/mol. The molecular formula is C21H25FN2O3. The smallest absolute Gasteiger partial charge is 0.410 e. The molecule has 0 atom stereocenters. The van der Waals surface area contributed by atoms with Gasteiger partial charge < -0.3 is 15.0 Å². The van der Waals surface area contributed by atoms with Crippen LogP contribution in [-0.2, 0) is 11.3 Å². The molecule has 0 aliphatic carbocycles. The molecule has 144 valence electrons. The highest BCUT2D eigenvalue weighted by molar-refractivity contribution is 6.05.